The molecule has 0 unspecified atom stereocenters. The van der Waals surface area contributed by atoms with E-state index in [2.05, 4.69) is 10.3 Å². The van der Waals surface area contributed by atoms with Crippen molar-refractivity contribution in [2.24, 2.45) is 0 Å². The van der Waals surface area contributed by atoms with Gasteiger partial charge < -0.3 is 0 Å². The summed E-state index contributed by atoms with van der Waals surface area (Å²) in [4.78, 5) is 0. The third-order valence-corrected chi connectivity index (χ3v) is 2.07. The fourth-order valence-electron chi connectivity index (χ4n) is 1.19. The first-order valence-corrected chi connectivity index (χ1v) is 3.75. The minimum absolute atomic E-state index is 0.654. The highest BCUT2D eigenvalue weighted by Gasteiger charge is 2.19. The first-order chi connectivity index (χ1) is 4.86. The van der Waals surface area contributed by atoms with Crippen molar-refractivity contribution in [3.05, 3.63) is 11.9 Å². The van der Waals surface area contributed by atoms with Gasteiger partial charge in [-0.1, -0.05) is 5.21 Å². The number of aromatic nitrogens is 3. The Kier molecular flexibility index (Phi) is 1.22. The van der Waals surface area contributed by atoms with Crippen LogP contribution < -0.4 is 0 Å². The SMILES string of the molecule is Cc1cn(C2CCC2)nn1. The zero-order valence-corrected chi connectivity index (χ0v) is 6.12. The average Bonchev–Trinajstić information content (AvgIpc) is 2.10. The molecule has 2 rings (SSSR count). The molecule has 1 aromatic heterocycles. The van der Waals surface area contributed by atoms with E-state index in [4.69, 9.17) is 0 Å². The maximum absolute atomic E-state index is 4.00. The van der Waals surface area contributed by atoms with E-state index in [0.29, 0.717) is 6.04 Å². The Labute approximate surface area is 60.0 Å². The topological polar surface area (TPSA) is 30.7 Å². The zero-order valence-electron chi connectivity index (χ0n) is 6.12. The van der Waals surface area contributed by atoms with Crippen LogP contribution in [-0.2, 0) is 0 Å². The van der Waals surface area contributed by atoms with E-state index in [0.717, 1.165) is 5.69 Å². The average molecular weight is 137 g/mol. The monoisotopic (exact) mass is 137 g/mol. The lowest BCUT2D eigenvalue weighted by Crippen LogP contribution is -2.17. The second kappa shape index (κ2) is 2.08. The van der Waals surface area contributed by atoms with Crippen molar-refractivity contribution in [3.63, 3.8) is 0 Å². The Morgan fingerprint density at radius 2 is 2.40 bits per heavy atom. The normalized spacial score (nSPS) is 18.9. The maximum Gasteiger partial charge on any atom is 0.0796 e. The quantitative estimate of drug-likeness (QED) is 0.584. The van der Waals surface area contributed by atoms with E-state index >= 15 is 0 Å². The summed E-state index contributed by atoms with van der Waals surface area (Å²) in [6.07, 6.45) is 5.93. The molecule has 0 spiro atoms. The lowest BCUT2D eigenvalue weighted by atomic mass is 9.93. The van der Waals surface area contributed by atoms with Gasteiger partial charge in [0.25, 0.3) is 0 Å². The van der Waals surface area contributed by atoms with Gasteiger partial charge in [-0.15, -0.1) is 5.10 Å². The van der Waals surface area contributed by atoms with Crippen LogP contribution in [0, 0.1) is 6.92 Å². The van der Waals surface area contributed by atoms with E-state index in [1.165, 1.54) is 19.3 Å². The van der Waals surface area contributed by atoms with Crippen LogP contribution in [0.1, 0.15) is 31.0 Å². The third kappa shape index (κ3) is 0.818. The summed E-state index contributed by atoms with van der Waals surface area (Å²) in [6, 6.07) is 0.654. The predicted molar refractivity (Wildman–Crippen MR) is 37.6 cm³/mol. The molecule has 54 valence electrons. The lowest BCUT2D eigenvalue weighted by molar-refractivity contribution is 0.284. The van der Waals surface area contributed by atoms with Gasteiger partial charge >= 0.3 is 0 Å². The van der Waals surface area contributed by atoms with Crippen LogP contribution in [0.2, 0.25) is 0 Å². The third-order valence-electron chi connectivity index (χ3n) is 2.07. The Balaban J connectivity index is 2.17. The first kappa shape index (κ1) is 5.89. The van der Waals surface area contributed by atoms with Gasteiger partial charge in [-0.05, 0) is 26.2 Å². The molecule has 0 amide bonds. The highest BCUT2D eigenvalue weighted by atomic mass is 15.4. The van der Waals surface area contributed by atoms with E-state index in [1.54, 1.807) is 0 Å². The zero-order chi connectivity index (χ0) is 6.97. The number of aryl methyl sites for hydroxylation is 1. The first-order valence-electron chi connectivity index (χ1n) is 3.75. The van der Waals surface area contributed by atoms with E-state index in [1.807, 2.05) is 17.8 Å². The number of hydrogen-bond acceptors (Lipinski definition) is 2. The molecule has 1 heterocycles. The Morgan fingerprint density at radius 1 is 1.60 bits per heavy atom. The molecule has 1 aliphatic rings. The summed E-state index contributed by atoms with van der Waals surface area (Å²) >= 11 is 0. The molecular formula is C7H11N3. The molecule has 0 aromatic carbocycles. The van der Waals surface area contributed by atoms with E-state index in [9.17, 15) is 0 Å². The number of rotatable bonds is 1. The molecule has 0 aliphatic heterocycles. The highest BCUT2D eigenvalue weighted by molar-refractivity contribution is 4.90. The largest absolute Gasteiger partial charge is 0.249 e. The lowest BCUT2D eigenvalue weighted by Gasteiger charge is -2.24. The van der Waals surface area contributed by atoms with Gasteiger partial charge in [-0.3, -0.25) is 0 Å². The Bertz CT molecular complexity index is 225. The fourth-order valence-corrected chi connectivity index (χ4v) is 1.19. The molecule has 3 nitrogen and oxygen atoms in total. The molecule has 3 heteroatoms. The van der Waals surface area contributed by atoms with Gasteiger partial charge in [-0.25, -0.2) is 4.68 Å². The van der Waals surface area contributed by atoms with Crippen LogP contribution in [0.5, 0.6) is 0 Å². The van der Waals surface area contributed by atoms with Gasteiger partial charge in [0.2, 0.25) is 0 Å². The van der Waals surface area contributed by atoms with E-state index in [-0.39, 0.29) is 0 Å². The standard InChI is InChI=1S/C7H11N3/c1-6-5-10(9-8-6)7-3-2-4-7/h5,7H,2-4H2,1H3. The Morgan fingerprint density at radius 3 is 2.80 bits per heavy atom. The van der Waals surface area contributed by atoms with Crippen molar-refractivity contribution in [2.45, 2.75) is 32.2 Å². The van der Waals surface area contributed by atoms with Crippen molar-refractivity contribution >= 4 is 0 Å². The second-order valence-electron chi connectivity index (χ2n) is 2.92. The van der Waals surface area contributed by atoms with Gasteiger partial charge in [0, 0.05) is 6.20 Å². The predicted octanol–water partition coefficient (Wildman–Crippen LogP) is 1.31. The maximum atomic E-state index is 4.00. The number of nitrogens with zero attached hydrogens (tertiary/aromatic N) is 3. The second-order valence-corrected chi connectivity index (χ2v) is 2.92. The van der Waals surface area contributed by atoms with Crippen LogP contribution in [-0.4, -0.2) is 15.0 Å². The smallest absolute Gasteiger partial charge is 0.0796 e. The summed E-state index contributed by atoms with van der Waals surface area (Å²) in [7, 11) is 0. The van der Waals surface area contributed by atoms with Crippen LogP contribution in [0.15, 0.2) is 6.20 Å². The van der Waals surface area contributed by atoms with Gasteiger partial charge in [0.15, 0.2) is 0 Å². The van der Waals surface area contributed by atoms with Crippen molar-refractivity contribution in [2.75, 3.05) is 0 Å². The summed E-state index contributed by atoms with van der Waals surface area (Å²) in [5, 5.41) is 7.94. The molecule has 0 saturated heterocycles. The highest BCUT2D eigenvalue weighted by Crippen LogP contribution is 2.30. The van der Waals surface area contributed by atoms with Gasteiger partial charge in [-0.2, -0.15) is 0 Å². The van der Waals surface area contributed by atoms with Crippen LogP contribution in [0.3, 0.4) is 0 Å². The Hall–Kier alpha value is -0.860. The van der Waals surface area contributed by atoms with Crippen LogP contribution >= 0.6 is 0 Å². The molecule has 1 fully saturated rings. The summed E-state index contributed by atoms with van der Waals surface area (Å²) in [6.45, 7) is 1.97. The molecule has 0 N–H and O–H groups in total. The van der Waals surface area contributed by atoms with Crippen molar-refractivity contribution in [1.29, 1.82) is 0 Å². The summed E-state index contributed by atoms with van der Waals surface area (Å²) < 4.78 is 1.98. The molecule has 1 aliphatic carbocycles. The minimum Gasteiger partial charge on any atom is -0.249 e. The summed E-state index contributed by atoms with van der Waals surface area (Å²) in [5.74, 6) is 0. The van der Waals surface area contributed by atoms with Crippen LogP contribution in [0.4, 0.5) is 0 Å². The molecular weight excluding hydrogens is 126 g/mol. The van der Waals surface area contributed by atoms with Crippen molar-refractivity contribution < 1.29 is 0 Å². The minimum atomic E-state index is 0.654. The molecule has 0 atom stereocenters. The molecule has 1 aromatic rings. The van der Waals surface area contributed by atoms with Crippen molar-refractivity contribution in [3.8, 4) is 0 Å². The van der Waals surface area contributed by atoms with E-state index < -0.39 is 0 Å². The molecule has 0 bridgehead atoms. The van der Waals surface area contributed by atoms with Crippen LogP contribution in [0.25, 0.3) is 0 Å². The van der Waals surface area contributed by atoms with Crippen molar-refractivity contribution in [1.82, 2.24) is 15.0 Å². The van der Waals surface area contributed by atoms with Gasteiger partial charge in [0.05, 0.1) is 11.7 Å². The molecule has 0 radical (unpaired) electrons. The molecule has 10 heavy (non-hydrogen) atoms. The summed E-state index contributed by atoms with van der Waals surface area (Å²) in [5.41, 5.74) is 1.02. The number of hydrogen-bond donors (Lipinski definition) is 0. The van der Waals surface area contributed by atoms with Gasteiger partial charge in [0.1, 0.15) is 0 Å². The fraction of sp³-hybridized carbons (Fsp3) is 0.714. The molecule has 1 saturated carbocycles.